The van der Waals surface area contributed by atoms with Crippen molar-refractivity contribution in [2.24, 2.45) is 0 Å². The summed E-state index contributed by atoms with van der Waals surface area (Å²) in [6, 6.07) is 9.06. The molecule has 0 aliphatic heterocycles. The molecule has 2 aromatic rings. The van der Waals surface area contributed by atoms with Crippen molar-refractivity contribution >= 4 is 5.78 Å². The zero-order chi connectivity index (χ0) is 9.97. The molecule has 0 saturated carbocycles. The lowest BCUT2D eigenvalue weighted by Crippen LogP contribution is -1.90. The lowest BCUT2D eigenvalue weighted by molar-refractivity contribution is 0.101. The number of nitrogens with zero attached hydrogens (tertiary/aromatic N) is 1. The van der Waals surface area contributed by atoms with E-state index in [1.54, 1.807) is 25.1 Å². The number of rotatable bonds is 2. The molecule has 0 amide bonds. The molecule has 0 radical (unpaired) electrons. The fourth-order valence-electron chi connectivity index (χ4n) is 1.24. The fourth-order valence-corrected chi connectivity index (χ4v) is 1.24. The van der Waals surface area contributed by atoms with E-state index in [0.717, 1.165) is 11.3 Å². The predicted molar refractivity (Wildman–Crippen MR) is 51.9 cm³/mol. The van der Waals surface area contributed by atoms with E-state index in [0.29, 0.717) is 5.56 Å². The predicted octanol–water partition coefficient (Wildman–Crippen LogP) is 2.54. The Labute approximate surface area is 81.3 Å². The van der Waals surface area contributed by atoms with Gasteiger partial charge in [0, 0.05) is 17.2 Å². The molecule has 70 valence electrons. The monoisotopic (exact) mass is 187 g/mol. The molecule has 0 unspecified atom stereocenters. The lowest BCUT2D eigenvalue weighted by Gasteiger charge is -1.97. The fraction of sp³-hybridized carbons (Fsp3) is 0.0909. The average Bonchev–Trinajstić information content (AvgIpc) is 2.71. The van der Waals surface area contributed by atoms with Gasteiger partial charge in [-0.2, -0.15) is 0 Å². The first-order valence-electron chi connectivity index (χ1n) is 4.29. The van der Waals surface area contributed by atoms with Crippen LogP contribution in [0.2, 0.25) is 0 Å². The summed E-state index contributed by atoms with van der Waals surface area (Å²) in [5.74, 6) is 0.0664. The number of ketones is 1. The Morgan fingerprint density at radius 3 is 2.43 bits per heavy atom. The molecule has 0 spiro atoms. The third kappa shape index (κ3) is 1.57. The summed E-state index contributed by atoms with van der Waals surface area (Å²) in [6.45, 7) is 1.55. The summed E-state index contributed by atoms with van der Waals surface area (Å²) in [6.07, 6.45) is 1.52. The van der Waals surface area contributed by atoms with Gasteiger partial charge < -0.3 is 4.52 Å². The number of carbonyl (C=O) groups is 1. The molecule has 1 aromatic heterocycles. The highest BCUT2D eigenvalue weighted by atomic mass is 16.5. The molecule has 0 saturated heterocycles. The first-order valence-corrected chi connectivity index (χ1v) is 4.29. The molecule has 0 aliphatic rings. The summed E-state index contributed by atoms with van der Waals surface area (Å²) in [5.41, 5.74) is 2.43. The molecule has 2 rings (SSSR count). The van der Waals surface area contributed by atoms with Gasteiger partial charge in [-0.1, -0.05) is 29.4 Å². The van der Waals surface area contributed by atoms with Gasteiger partial charge in [0.1, 0.15) is 12.0 Å². The van der Waals surface area contributed by atoms with E-state index >= 15 is 0 Å². The third-order valence-electron chi connectivity index (χ3n) is 2.03. The van der Waals surface area contributed by atoms with Crippen LogP contribution in [0.1, 0.15) is 17.3 Å². The van der Waals surface area contributed by atoms with Gasteiger partial charge >= 0.3 is 0 Å². The van der Waals surface area contributed by atoms with Gasteiger partial charge in [-0.25, -0.2) is 0 Å². The molecule has 0 N–H and O–H groups in total. The van der Waals surface area contributed by atoms with Crippen LogP contribution in [0.3, 0.4) is 0 Å². The molecule has 1 heterocycles. The van der Waals surface area contributed by atoms with Gasteiger partial charge in [-0.05, 0) is 6.92 Å². The maximum atomic E-state index is 11.0. The minimum absolute atomic E-state index is 0.0664. The van der Waals surface area contributed by atoms with Crippen LogP contribution in [-0.2, 0) is 0 Å². The second kappa shape index (κ2) is 3.46. The highest BCUT2D eigenvalue weighted by molar-refractivity contribution is 5.94. The van der Waals surface area contributed by atoms with Gasteiger partial charge in [-0.15, -0.1) is 0 Å². The largest absolute Gasteiger partial charge is 0.364 e. The van der Waals surface area contributed by atoms with E-state index in [1.165, 1.54) is 6.26 Å². The maximum Gasteiger partial charge on any atom is 0.159 e. The average molecular weight is 187 g/mol. The SMILES string of the molecule is CC(=O)c1ccc(-c2ccon2)cc1. The lowest BCUT2D eigenvalue weighted by atomic mass is 10.1. The first kappa shape index (κ1) is 8.69. The minimum atomic E-state index is 0.0664. The molecule has 14 heavy (non-hydrogen) atoms. The van der Waals surface area contributed by atoms with Crippen LogP contribution in [0.5, 0.6) is 0 Å². The molecule has 1 aromatic carbocycles. The summed E-state index contributed by atoms with van der Waals surface area (Å²) in [5, 5.41) is 3.80. The van der Waals surface area contributed by atoms with Crippen LogP contribution in [-0.4, -0.2) is 10.9 Å². The van der Waals surface area contributed by atoms with Crippen LogP contribution in [0.15, 0.2) is 41.1 Å². The van der Waals surface area contributed by atoms with Crippen molar-refractivity contribution in [3.8, 4) is 11.3 Å². The number of benzene rings is 1. The minimum Gasteiger partial charge on any atom is -0.364 e. The third-order valence-corrected chi connectivity index (χ3v) is 2.03. The number of carbonyl (C=O) groups excluding carboxylic acids is 1. The van der Waals surface area contributed by atoms with Gasteiger partial charge in [0.15, 0.2) is 5.78 Å². The van der Waals surface area contributed by atoms with Crippen LogP contribution in [0.4, 0.5) is 0 Å². The molecule has 0 fully saturated rings. The molecule has 0 aliphatic carbocycles. The second-order valence-corrected chi connectivity index (χ2v) is 3.02. The van der Waals surface area contributed by atoms with Crippen LogP contribution < -0.4 is 0 Å². The standard InChI is InChI=1S/C11H9NO2/c1-8(13)9-2-4-10(5-3-9)11-6-7-14-12-11/h2-7H,1H3. The van der Waals surface area contributed by atoms with E-state index < -0.39 is 0 Å². The van der Waals surface area contributed by atoms with Crippen molar-refractivity contribution in [3.63, 3.8) is 0 Å². The quantitative estimate of drug-likeness (QED) is 0.678. The van der Waals surface area contributed by atoms with E-state index in [9.17, 15) is 4.79 Å². The zero-order valence-electron chi connectivity index (χ0n) is 7.73. The molecule has 3 heteroatoms. The van der Waals surface area contributed by atoms with E-state index in [4.69, 9.17) is 4.52 Å². The summed E-state index contributed by atoms with van der Waals surface area (Å²) in [4.78, 5) is 11.0. The maximum absolute atomic E-state index is 11.0. The second-order valence-electron chi connectivity index (χ2n) is 3.02. The van der Waals surface area contributed by atoms with Crippen molar-refractivity contribution < 1.29 is 9.32 Å². The molecular formula is C11H9NO2. The molecular weight excluding hydrogens is 178 g/mol. The first-order chi connectivity index (χ1) is 6.77. The van der Waals surface area contributed by atoms with Crippen LogP contribution in [0, 0.1) is 0 Å². The Kier molecular flexibility index (Phi) is 2.14. The van der Waals surface area contributed by atoms with Crippen LogP contribution >= 0.6 is 0 Å². The number of hydrogen-bond acceptors (Lipinski definition) is 3. The Balaban J connectivity index is 2.36. The summed E-state index contributed by atoms with van der Waals surface area (Å²) in [7, 11) is 0. The summed E-state index contributed by atoms with van der Waals surface area (Å²) < 4.78 is 4.73. The Morgan fingerprint density at radius 2 is 1.93 bits per heavy atom. The highest BCUT2D eigenvalue weighted by Crippen LogP contribution is 2.17. The number of hydrogen-bond donors (Lipinski definition) is 0. The van der Waals surface area contributed by atoms with Crippen molar-refractivity contribution in [3.05, 3.63) is 42.2 Å². The van der Waals surface area contributed by atoms with Crippen LogP contribution in [0.25, 0.3) is 11.3 Å². The van der Waals surface area contributed by atoms with E-state index in [-0.39, 0.29) is 5.78 Å². The molecule has 3 nitrogen and oxygen atoms in total. The van der Waals surface area contributed by atoms with Gasteiger partial charge in [0.2, 0.25) is 0 Å². The number of aromatic nitrogens is 1. The van der Waals surface area contributed by atoms with E-state index in [1.807, 2.05) is 12.1 Å². The molecule has 0 atom stereocenters. The Bertz CT molecular complexity index is 429. The van der Waals surface area contributed by atoms with Crippen molar-refractivity contribution in [1.29, 1.82) is 0 Å². The Hall–Kier alpha value is -1.90. The van der Waals surface area contributed by atoms with Gasteiger partial charge in [-0.3, -0.25) is 4.79 Å². The smallest absolute Gasteiger partial charge is 0.159 e. The van der Waals surface area contributed by atoms with Gasteiger partial charge in [0.05, 0.1) is 0 Å². The van der Waals surface area contributed by atoms with Gasteiger partial charge in [0.25, 0.3) is 0 Å². The number of Topliss-reactive ketones (excluding diaryl/α,β-unsaturated/α-hetero) is 1. The van der Waals surface area contributed by atoms with Crippen molar-refractivity contribution in [1.82, 2.24) is 5.16 Å². The van der Waals surface area contributed by atoms with Crippen molar-refractivity contribution in [2.75, 3.05) is 0 Å². The molecule has 0 bridgehead atoms. The van der Waals surface area contributed by atoms with E-state index in [2.05, 4.69) is 5.16 Å². The normalized spacial score (nSPS) is 10.1. The zero-order valence-corrected chi connectivity index (χ0v) is 7.73. The highest BCUT2D eigenvalue weighted by Gasteiger charge is 2.02. The van der Waals surface area contributed by atoms with Crippen molar-refractivity contribution in [2.45, 2.75) is 6.92 Å². The Morgan fingerprint density at radius 1 is 1.21 bits per heavy atom. The topological polar surface area (TPSA) is 43.1 Å². The summed E-state index contributed by atoms with van der Waals surface area (Å²) >= 11 is 0.